The summed E-state index contributed by atoms with van der Waals surface area (Å²) in [5.41, 5.74) is 7.88. The van der Waals surface area contributed by atoms with Crippen LogP contribution in [-0.2, 0) is 6.42 Å². The average molecular weight is 327 g/mol. The molecule has 0 aromatic heterocycles. The maximum atomic E-state index is 13.0. The Balaban J connectivity index is 1.96. The van der Waals surface area contributed by atoms with Crippen molar-refractivity contribution in [2.45, 2.75) is 6.42 Å². The molecule has 0 aliphatic heterocycles. The Morgan fingerprint density at radius 3 is 2.37 bits per heavy atom. The van der Waals surface area contributed by atoms with Crippen molar-refractivity contribution in [3.05, 3.63) is 58.1 Å². The highest BCUT2D eigenvalue weighted by atomic mass is 79.9. The van der Waals surface area contributed by atoms with Crippen LogP contribution in [0.4, 0.5) is 20.2 Å². The lowest BCUT2D eigenvalue weighted by molar-refractivity contribution is 0.580. The van der Waals surface area contributed by atoms with E-state index in [1.807, 2.05) is 12.1 Å². The Hall–Kier alpha value is -1.62. The standard InChI is InChI=1S/C14H13BrF2N2/c15-10-1-2-14(13(18)7-10)19-4-3-9-5-11(16)8-12(17)6-9/h1-2,5-8,19H,3-4,18H2. The SMILES string of the molecule is Nc1cc(Br)ccc1NCCc1cc(F)cc(F)c1. The number of hydrogen-bond donors (Lipinski definition) is 2. The summed E-state index contributed by atoms with van der Waals surface area (Å²) in [7, 11) is 0. The van der Waals surface area contributed by atoms with Crippen molar-refractivity contribution < 1.29 is 8.78 Å². The van der Waals surface area contributed by atoms with Crippen molar-refractivity contribution in [3.8, 4) is 0 Å². The van der Waals surface area contributed by atoms with Crippen LogP contribution < -0.4 is 11.1 Å². The van der Waals surface area contributed by atoms with Gasteiger partial charge in [0.25, 0.3) is 0 Å². The summed E-state index contributed by atoms with van der Waals surface area (Å²) in [5.74, 6) is -1.11. The molecule has 100 valence electrons. The molecule has 0 heterocycles. The van der Waals surface area contributed by atoms with E-state index in [0.29, 0.717) is 24.2 Å². The summed E-state index contributed by atoms with van der Waals surface area (Å²) in [5, 5.41) is 3.14. The van der Waals surface area contributed by atoms with Crippen molar-refractivity contribution in [1.82, 2.24) is 0 Å². The summed E-state index contributed by atoms with van der Waals surface area (Å²) in [6.07, 6.45) is 0.518. The van der Waals surface area contributed by atoms with E-state index in [1.54, 1.807) is 6.07 Å². The zero-order valence-corrected chi connectivity index (χ0v) is 11.7. The van der Waals surface area contributed by atoms with Gasteiger partial charge in [-0.3, -0.25) is 0 Å². The van der Waals surface area contributed by atoms with Crippen molar-refractivity contribution in [3.63, 3.8) is 0 Å². The largest absolute Gasteiger partial charge is 0.397 e. The lowest BCUT2D eigenvalue weighted by atomic mass is 10.1. The minimum atomic E-state index is -0.557. The number of rotatable bonds is 4. The zero-order chi connectivity index (χ0) is 13.8. The Bertz CT molecular complexity index is 567. The van der Waals surface area contributed by atoms with Gasteiger partial charge in [0.2, 0.25) is 0 Å². The quantitative estimate of drug-likeness (QED) is 0.834. The van der Waals surface area contributed by atoms with Gasteiger partial charge in [-0.25, -0.2) is 8.78 Å². The normalized spacial score (nSPS) is 10.5. The van der Waals surface area contributed by atoms with Crippen LogP contribution in [0.2, 0.25) is 0 Å². The molecule has 0 unspecified atom stereocenters. The van der Waals surface area contributed by atoms with E-state index < -0.39 is 11.6 Å². The monoisotopic (exact) mass is 326 g/mol. The molecule has 19 heavy (non-hydrogen) atoms. The Morgan fingerprint density at radius 1 is 1.05 bits per heavy atom. The van der Waals surface area contributed by atoms with Gasteiger partial charge in [-0.05, 0) is 42.3 Å². The van der Waals surface area contributed by atoms with Crippen LogP contribution in [0, 0.1) is 11.6 Å². The number of nitrogen functional groups attached to an aromatic ring is 1. The predicted molar refractivity (Wildman–Crippen MR) is 77.1 cm³/mol. The highest BCUT2D eigenvalue weighted by Gasteiger charge is 2.02. The maximum absolute atomic E-state index is 13.0. The fraction of sp³-hybridized carbons (Fsp3) is 0.143. The number of nitrogens with two attached hydrogens (primary N) is 1. The van der Waals surface area contributed by atoms with Gasteiger partial charge >= 0.3 is 0 Å². The highest BCUT2D eigenvalue weighted by molar-refractivity contribution is 9.10. The Kier molecular flexibility index (Phi) is 4.37. The number of nitrogens with one attached hydrogen (secondary N) is 1. The summed E-state index contributed by atoms with van der Waals surface area (Å²) >= 11 is 3.33. The molecule has 0 atom stereocenters. The van der Waals surface area contributed by atoms with Crippen LogP contribution >= 0.6 is 15.9 Å². The third-order valence-electron chi connectivity index (χ3n) is 2.67. The second-order valence-electron chi connectivity index (χ2n) is 4.19. The van der Waals surface area contributed by atoms with Gasteiger partial charge in [-0.2, -0.15) is 0 Å². The summed E-state index contributed by atoms with van der Waals surface area (Å²) in [4.78, 5) is 0. The second kappa shape index (κ2) is 6.02. The Labute approximate surface area is 118 Å². The summed E-state index contributed by atoms with van der Waals surface area (Å²) in [6.45, 7) is 0.550. The van der Waals surface area contributed by atoms with Gasteiger partial charge in [-0.1, -0.05) is 15.9 Å². The number of anilines is 2. The van der Waals surface area contributed by atoms with Gasteiger partial charge in [-0.15, -0.1) is 0 Å². The molecule has 0 aliphatic carbocycles. The minimum absolute atomic E-state index is 0.518. The van der Waals surface area contributed by atoms with Crippen molar-refractivity contribution in [2.24, 2.45) is 0 Å². The molecule has 5 heteroatoms. The molecule has 3 N–H and O–H groups in total. The molecule has 0 aliphatic rings. The van der Waals surface area contributed by atoms with E-state index in [9.17, 15) is 8.78 Å². The average Bonchev–Trinajstić information content (AvgIpc) is 2.30. The molecule has 0 fully saturated rings. The van der Waals surface area contributed by atoms with Crippen molar-refractivity contribution in [1.29, 1.82) is 0 Å². The topological polar surface area (TPSA) is 38.0 Å². The first-order valence-electron chi connectivity index (χ1n) is 5.78. The first-order chi connectivity index (χ1) is 9.04. The molecule has 2 rings (SSSR count). The highest BCUT2D eigenvalue weighted by Crippen LogP contribution is 2.22. The maximum Gasteiger partial charge on any atom is 0.126 e. The van der Waals surface area contributed by atoms with Crippen LogP contribution in [-0.4, -0.2) is 6.54 Å². The molecular weight excluding hydrogens is 314 g/mol. The molecule has 0 saturated heterocycles. The third-order valence-corrected chi connectivity index (χ3v) is 3.16. The van der Waals surface area contributed by atoms with Gasteiger partial charge in [0.1, 0.15) is 11.6 Å². The molecule has 0 radical (unpaired) electrons. The molecule has 0 saturated carbocycles. The first-order valence-corrected chi connectivity index (χ1v) is 6.58. The summed E-state index contributed by atoms with van der Waals surface area (Å²) < 4.78 is 26.9. The van der Waals surface area contributed by atoms with Crippen LogP contribution in [0.5, 0.6) is 0 Å². The number of benzene rings is 2. The van der Waals surface area contributed by atoms with E-state index in [-0.39, 0.29) is 0 Å². The van der Waals surface area contributed by atoms with Crippen LogP contribution in [0.3, 0.4) is 0 Å². The zero-order valence-electron chi connectivity index (χ0n) is 10.1. The van der Waals surface area contributed by atoms with Gasteiger partial charge in [0.15, 0.2) is 0 Å². The van der Waals surface area contributed by atoms with E-state index in [1.165, 1.54) is 12.1 Å². The molecule has 0 amide bonds. The fourth-order valence-electron chi connectivity index (χ4n) is 1.79. The van der Waals surface area contributed by atoms with Gasteiger partial charge < -0.3 is 11.1 Å². The van der Waals surface area contributed by atoms with Crippen molar-refractivity contribution in [2.75, 3.05) is 17.6 Å². The van der Waals surface area contributed by atoms with E-state index in [2.05, 4.69) is 21.2 Å². The van der Waals surface area contributed by atoms with Crippen LogP contribution in [0.25, 0.3) is 0 Å². The van der Waals surface area contributed by atoms with Crippen LogP contribution in [0.15, 0.2) is 40.9 Å². The third kappa shape index (κ3) is 3.92. The molecule has 0 spiro atoms. The molecule has 2 aromatic rings. The lowest BCUT2D eigenvalue weighted by Gasteiger charge is -2.09. The Morgan fingerprint density at radius 2 is 1.74 bits per heavy atom. The molecule has 2 nitrogen and oxygen atoms in total. The van der Waals surface area contributed by atoms with E-state index in [0.717, 1.165) is 16.2 Å². The van der Waals surface area contributed by atoms with Gasteiger partial charge in [0.05, 0.1) is 11.4 Å². The number of hydrogen-bond acceptors (Lipinski definition) is 2. The molecule has 0 bridgehead atoms. The van der Waals surface area contributed by atoms with E-state index in [4.69, 9.17) is 5.73 Å². The van der Waals surface area contributed by atoms with Crippen molar-refractivity contribution >= 4 is 27.3 Å². The predicted octanol–water partition coefficient (Wildman–Crippen LogP) is 3.96. The smallest absolute Gasteiger partial charge is 0.126 e. The first kappa shape index (κ1) is 13.8. The fourth-order valence-corrected chi connectivity index (χ4v) is 2.17. The van der Waals surface area contributed by atoms with E-state index >= 15 is 0 Å². The number of halogens is 3. The summed E-state index contributed by atoms with van der Waals surface area (Å²) in [6, 6.07) is 9.05. The lowest BCUT2D eigenvalue weighted by Crippen LogP contribution is -2.07. The van der Waals surface area contributed by atoms with Crippen LogP contribution in [0.1, 0.15) is 5.56 Å². The molecular formula is C14H13BrF2N2. The second-order valence-corrected chi connectivity index (χ2v) is 5.10. The minimum Gasteiger partial charge on any atom is -0.397 e. The molecule has 2 aromatic carbocycles. The van der Waals surface area contributed by atoms with Gasteiger partial charge in [0, 0.05) is 17.1 Å².